The van der Waals surface area contributed by atoms with E-state index in [-0.39, 0.29) is 5.95 Å². The van der Waals surface area contributed by atoms with Crippen molar-refractivity contribution in [2.45, 2.75) is 0 Å². The van der Waals surface area contributed by atoms with Crippen LogP contribution in [-0.4, -0.2) is 9.97 Å². The van der Waals surface area contributed by atoms with E-state index in [9.17, 15) is 0 Å². The van der Waals surface area contributed by atoms with Gasteiger partial charge in [0, 0.05) is 0 Å². The fourth-order valence-corrected chi connectivity index (χ4v) is 2.26. The number of nitrogens with zero attached hydrogens (tertiary/aromatic N) is 2. The molecular formula is C20H18N4. The SMILES string of the molecule is Nc1nc(/C=C/c2ccccc2)c(N)c(/C=C/c2ccccc2)n1. The van der Waals surface area contributed by atoms with Crippen LogP contribution in [0.25, 0.3) is 24.3 Å². The number of benzene rings is 2. The van der Waals surface area contributed by atoms with Crippen LogP contribution in [0.3, 0.4) is 0 Å². The molecule has 4 N–H and O–H groups in total. The number of nitrogens with two attached hydrogens (primary N) is 2. The fourth-order valence-electron chi connectivity index (χ4n) is 2.26. The van der Waals surface area contributed by atoms with E-state index >= 15 is 0 Å². The van der Waals surface area contributed by atoms with Crippen LogP contribution in [0.1, 0.15) is 22.5 Å². The Morgan fingerprint density at radius 1 is 0.583 bits per heavy atom. The highest BCUT2D eigenvalue weighted by Crippen LogP contribution is 2.20. The number of rotatable bonds is 4. The minimum Gasteiger partial charge on any atom is -0.395 e. The van der Waals surface area contributed by atoms with Gasteiger partial charge in [0.25, 0.3) is 0 Å². The molecular weight excluding hydrogens is 296 g/mol. The molecule has 0 amide bonds. The van der Waals surface area contributed by atoms with Gasteiger partial charge in [0.2, 0.25) is 5.95 Å². The van der Waals surface area contributed by atoms with Gasteiger partial charge in [-0.2, -0.15) is 0 Å². The minimum atomic E-state index is 0.199. The van der Waals surface area contributed by atoms with Crippen molar-refractivity contribution in [2.75, 3.05) is 11.5 Å². The lowest BCUT2D eigenvalue weighted by molar-refractivity contribution is 1.16. The lowest BCUT2D eigenvalue weighted by atomic mass is 10.1. The van der Waals surface area contributed by atoms with E-state index in [0.29, 0.717) is 17.1 Å². The van der Waals surface area contributed by atoms with Gasteiger partial charge in [-0.3, -0.25) is 0 Å². The van der Waals surface area contributed by atoms with Crippen molar-refractivity contribution in [3.8, 4) is 0 Å². The molecule has 1 aromatic heterocycles. The quantitative estimate of drug-likeness (QED) is 0.763. The predicted molar refractivity (Wildman–Crippen MR) is 102 cm³/mol. The second-order valence-electron chi connectivity index (χ2n) is 5.25. The van der Waals surface area contributed by atoms with Gasteiger partial charge >= 0.3 is 0 Å². The lowest BCUT2D eigenvalue weighted by Crippen LogP contribution is -2.04. The molecule has 0 spiro atoms. The highest BCUT2D eigenvalue weighted by atomic mass is 15.0. The summed E-state index contributed by atoms with van der Waals surface area (Å²) in [4.78, 5) is 8.45. The standard InChI is InChI=1S/C20H18N4/c21-19-17(13-11-15-7-3-1-4-8-15)23-20(22)24-18(19)14-12-16-9-5-2-6-10-16/h1-14H,21H2,(H2,22,23,24)/b13-11+,14-12+. The maximum Gasteiger partial charge on any atom is 0.221 e. The molecule has 3 aromatic rings. The maximum atomic E-state index is 6.20. The molecule has 1 heterocycles. The summed E-state index contributed by atoms with van der Waals surface area (Å²) < 4.78 is 0. The Bertz CT molecular complexity index is 798. The molecule has 0 bridgehead atoms. The van der Waals surface area contributed by atoms with E-state index in [2.05, 4.69) is 9.97 Å². The summed E-state index contributed by atoms with van der Waals surface area (Å²) in [5.41, 5.74) is 15.9. The van der Waals surface area contributed by atoms with Crippen LogP contribution in [0.4, 0.5) is 11.6 Å². The van der Waals surface area contributed by atoms with Crippen LogP contribution in [0.5, 0.6) is 0 Å². The Morgan fingerprint density at radius 2 is 1.00 bits per heavy atom. The zero-order valence-electron chi connectivity index (χ0n) is 13.1. The second-order valence-corrected chi connectivity index (χ2v) is 5.25. The van der Waals surface area contributed by atoms with Gasteiger partial charge in [0.1, 0.15) is 0 Å². The molecule has 4 heteroatoms. The third-order valence-electron chi connectivity index (χ3n) is 3.49. The molecule has 0 aliphatic carbocycles. The smallest absolute Gasteiger partial charge is 0.221 e. The van der Waals surface area contributed by atoms with Crippen molar-refractivity contribution < 1.29 is 0 Å². The van der Waals surface area contributed by atoms with Crippen LogP contribution in [0.15, 0.2) is 60.7 Å². The Hall–Kier alpha value is -3.40. The molecule has 0 radical (unpaired) electrons. The van der Waals surface area contributed by atoms with Crippen molar-refractivity contribution in [2.24, 2.45) is 0 Å². The van der Waals surface area contributed by atoms with Crippen LogP contribution < -0.4 is 11.5 Å². The third kappa shape index (κ3) is 3.87. The van der Waals surface area contributed by atoms with Gasteiger partial charge in [-0.05, 0) is 23.3 Å². The zero-order chi connectivity index (χ0) is 16.8. The van der Waals surface area contributed by atoms with Gasteiger partial charge in [-0.1, -0.05) is 72.8 Å². The van der Waals surface area contributed by atoms with E-state index in [1.54, 1.807) is 0 Å². The number of aromatic nitrogens is 2. The molecule has 0 aliphatic heterocycles. The van der Waals surface area contributed by atoms with Crippen LogP contribution in [0.2, 0.25) is 0 Å². The largest absolute Gasteiger partial charge is 0.395 e. The molecule has 3 rings (SSSR count). The molecule has 2 aromatic carbocycles. The minimum absolute atomic E-state index is 0.199. The van der Waals surface area contributed by atoms with Gasteiger partial charge < -0.3 is 11.5 Å². The molecule has 0 saturated carbocycles. The van der Waals surface area contributed by atoms with Crippen LogP contribution in [-0.2, 0) is 0 Å². The molecule has 4 nitrogen and oxygen atoms in total. The average molecular weight is 314 g/mol. The third-order valence-corrected chi connectivity index (χ3v) is 3.49. The van der Waals surface area contributed by atoms with Gasteiger partial charge in [0.15, 0.2) is 0 Å². The predicted octanol–water partition coefficient (Wildman–Crippen LogP) is 3.98. The van der Waals surface area contributed by atoms with Gasteiger partial charge in [-0.25, -0.2) is 9.97 Å². The molecule has 0 unspecified atom stereocenters. The maximum absolute atomic E-state index is 6.20. The molecule has 0 aliphatic rings. The first kappa shape index (κ1) is 15.5. The first-order valence-corrected chi connectivity index (χ1v) is 7.61. The second kappa shape index (κ2) is 7.24. The summed E-state index contributed by atoms with van der Waals surface area (Å²) in [6, 6.07) is 19.9. The van der Waals surface area contributed by atoms with Crippen molar-refractivity contribution in [1.29, 1.82) is 0 Å². The van der Waals surface area contributed by atoms with E-state index in [1.807, 2.05) is 85.0 Å². The van der Waals surface area contributed by atoms with Gasteiger partial charge in [-0.15, -0.1) is 0 Å². The summed E-state index contributed by atoms with van der Waals surface area (Å²) >= 11 is 0. The lowest BCUT2D eigenvalue weighted by Gasteiger charge is -2.05. The van der Waals surface area contributed by atoms with E-state index in [1.165, 1.54) is 0 Å². The number of hydrogen-bond acceptors (Lipinski definition) is 4. The summed E-state index contributed by atoms with van der Waals surface area (Å²) in [7, 11) is 0. The fraction of sp³-hybridized carbons (Fsp3) is 0. The Morgan fingerprint density at radius 3 is 1.42 bits per heavy atom. The van der Waals surface area contributed by atoms with Crippen molar-refractivity contribution >= 4 is 35.9 Å². The van der Waals surface area contributed by atoms with Crippen molar-refractivity contribution in [3.05, 3.63) is 83.2 Å². The summed E-state index contributed by atoms with van der Waals surface area (Å²) in [5, 5.41) is 0. The van der Waals surface area contributed by atoms with E-state index in [4.69, 9.17) is 11.5 Å². The molecule has 24 heavy (non-hydrogen) atoms. The Kier molecular flexibility index (Phi) is 4.68. The number of anilines is 2. The summed E-state index contributed by atoms with van der Waals surface area (Å²) in [6.45, 7) is 0. The normalized spacial score (nSPS) is 11.3. The highest BCUT2D eigenvalue weighted by Gasteiger charge is 2.06. The summed E-state index contributed by atoms with van der Waals surface area (Å²) in [5.74, 6) is 0.199. The Balaban J connectivity index is 1.90. The number of nitrogen functional groups attached to an aromatic ring is 2. The first-order valence-electron chi connectivity index (χ1n) is 7.61. The average Bonchev–Trinajstić information content (AvgIpc) is 2.62. The topological polar surface area (TPSA) is 77.8 Å². The van der Waals surface area contributed by atoms with Crippen LogP contribution in [0, 0.1) is 0 Å². The molecule has 118 valence electrons. The van der Waals surface area contributed by atoms with Crippen molar-refractivity contribution in [3.63, 3.8) is 0 Å². The molecule has 0 saturated heterocycles. The van der Waals surface area contributed by atoms with Gasteiger partial charge in [0.05, 0.1) is 17.1 Å². The van der Waals surface area contributed by atoms with Crippen LogP contribution >= 0.6 is 0 Å². The summed E-state index contributed by atoms with van der Waals surface area (Å²) in [6.07, 6.45) is 7.59. The highest BCUT2D eigenvalue weighted by molar-refractivity contribution is 5.81. The van der Waals surface area contributed by atoms with E-state index < -0.39 is 0 Å². The van der Waals surface area contributed by atoms with E-state index in [0.717, 1.165) is 11.1 Å². The Labute approximate surface area is 141 Å². The molecule has 0 fully saturated rings. The first-order chi connectivity index (χ1) is 11.7. The monoisotopic (exact) mass is 314 g/mol. The zero-order valence-corrected chi connectivity index (χ0v) is 13.1. The molecule has 0 atom stereocenters. The number of hydrogen-bond donors (Lipinski definition) is 2. The van der Waals surface area contributed by atoms with Crippen molar-refractivity contribution in [1.82, 2.24) is 9.97 Å².